The Bertz CT molecular complexity index is 1320. The standard InChI is InChI=1S/C24H15BrCl4N2O3/c1-33-22-7-14(6-15(11-30)24(32)31-17-4-5-19(27)21(29)9-17)18(25)10-23(22)34-12-13-2-3-16(26)8-20(13)28/h2-10H,12H2,1H3,(H,31,32)/b15-6+. The third-order valence-electron chi connectivity index (χ3n) is 4.52. The van der Waals surface area contributed by atoms with Gasteiger partial charge in [0.1, 0.15) is 18.2 Å². The van der Waals surface area contributed by atoms with E-state index < -0.39 is 5.91 Å². The van der Waals surface area contributed by atoms with Crippen LogP contribution in [0.2, 0.25) is 20.1 Å². The molecule has 0 aliphatic rings. The third-order valence-corrected chi connectivity index (χ3v) is 6.54. The average molecular weight is 601 g/mol. The number of nitriles is 1. The van der Waals surface area contributed by atoms with Gasteiger partial charge in [0.05, 0.1) is 17.2 Å². The molecule has 0 atom stereocenters. The minimum absolute atomic E-state index is 0.129. The summed E-state index contributed by atoms with van der Waals surface area (Å²) in [5.74, 6) is 0.238. The Balaban J connectivity index is 1.83. The zero-order chi connectivity index (χ0) is 24.8. The summed E-state index contributed by atoms with van der Waals surface area (Å²) in [5, 5.41) is 13.8. The number of amides is 1. The number of benzene rings is 3. The maximum Gasteiger partial charge on any atom is 0.266 e. The van der Waals surface area contributed by atoms with Crippen LogP contribution < -0.4 is 14.8 Å². The Kier molecular flexibility index (Phi) is 9.12. The molecule has 3 aromatic rings. The van der Waals surface area contributed by atoms with Crippen molar-refractivity contribution in [1.82, 2.24) is 0 Å². The minimum atomic E-state index is -0.607. The van der Waals surface area contributed by atoms with E-state index in [-0.39, 0.29) is 17.2 Å². The lowest BCUT2D eigenvalue weighted by Crippen LogP contribution is -2.13. The van der Waals surface area contributed by atoms with Gasteiger partial charge in [-0.2, -0.15) is 5.26 Å². The van der Waals surface area contributed by atoms with Gasteiger partial charge in [0.2, 0.25) is 0 Å². The first-order valence-corrected chi connectivity index (χ1v) is 11.8. The van der Waals surface area contributed by atoms with Crippen LogP contribution >= 0.6 is 62.3 Å². The molecular formula is C24H15BrCl4N2O3. The topological polar surface area (TPSA) is 71.3 Å². The van der Waals surface area contributed by atoms with Gasteiger partial charge in [-0.3, -0.25) is 4.79 Å². The lowest BCUT2D eigenvalue weighted by atomic mass is 10.1. The summed E-state index contributed by atoms with van der Waals surface area (Å²) < 4.78 is 11.9. The SMILES string of the molecule is COc1cc(/C=C(\C#N)C(=O)Nc2ccc(Cl)c(Cl)c2)c(Br)cc1OCc1ccc(Cl)cc1Cl. The molecule has 0 unspecified atom stereocenters. The van der Waals surface area contributed by atoms with Crippen molar-refractivity contribution in [3.63, 3.8) is 0 Å². The highest BCUT2D eigenvalue weighted by Crippen LogP contribution is 2.36. The molecule has 10 heteroatoms. The number of methoxy groups -OCH3 is 1. The van der Waals surface area contributed by atoms with Crippen LogP contribution in [0, 0.1) is 11.3 Å². The number of hydrogen-bond acceptors (Lipinski definition) is 4. The molecule has 0 aliphatic carbocycles. The van der Waals surface area contributed by atoms with Crippen molar-refractivity contribution in [2.24, 2.45) is 0 Å². The van der Waals surface area contributed by atoms with E-state index in [1.54, 1.807) is 42.5 Å². The minimum Gasteiger partial charge on any atom is -0.493 e. The zero-order valence-electron chi connectivity index (χ0n) is 17.5. The Hall–Kier alpha value is -2.40. The lowest BCUT2D eigenvalue weighted by Gasteiger charge is -2.14. The number of anilines is 1. The molecule has 3 rings (SSSR count). The molecular weight excluding hydrogens is 586 g/mol. The molecule has 0 aromatic heterocycles. The number of carbonyl (C=O) groups is 1. The lowest BCUT2D eigenvalue weighted by molar-refractivity contribution is -0.112. The van der Waals surface area contributed by atoms with Crippen LogP contribution in [0.5, 0.6) is 11.5 Å². The Labute approximate surface area is 224 Å². The monoisotopic (exact) mass is 598 g/mol. The first-order valence-electron chi connectivity index (χ1n) is 9.54. The number of rotatable bonds is 7. The molecule has 1 N–H and O–H groups in total. The maximum absolute atomic E-state index is 12.6. The first kappa shape index (κ1) is 26.2. The predicted molar refractivity (Wildman–Crippen MR) is 140 cm³/mol. The van der Waals surface area contributed by atoms with Gasteiger partial charge in [0.25, 0.3) is 5.91 Å². The van der Waals surface area contributed by atoms with E-state index in [1.807, 2.05) is 6.07 Å². The third kappa shape index (κ3) is 6.59. The van der Waals surface area contributed by atoms with E-state index >= 15 is 0 Å². The van der Waals surface area contributed by atoms with Gasteiger partial charge in [-0.15, -0.1) is 0 Å². The number of nitrogens with zero attached hydrogens (tertiary/aromatic N) is 1. The van der Waals surface area contributed by atoms with Gasteiger partial charge in [-0.1, -0.05) is 68.4 Å². The van der Waals surface area contributed by atoms with Crippen LogP contribution in [-0.2, 0) is 11.4 Å². The number of nitrogens with one attached hydrogen (secondary N) is 1. The van der Waals surface area contributed by atoms with E-state index in [4.69, 9.17) is 55.9 Å². The number of carbonyl (C=O) groups excluding carboxylic acids is 1. The molecule has 0 spiro atoms. The average Bonchev–Trinajstić information content (AvgIpc) is 2.80. The van der Waals surface area contributed by atoms with Gasteiger partial charge in [0.15, 0.2) is 11.5 Å². The highest BCUT2D eigenvalue weighted by atomic mass is 79.9. The summed E-state index contributed by atoms with van der Waals surface area (Å²) in [5.41, 5.74) is 1.56. The second kappa shape index (κ2) is 11.8. The van der Waals surface area contributed by atoms with E-state index in [0.717, 1.165) is 5.56 Å². The fourth-order valence-electron chi connectivity index (χ4n) is 2.80. The van der Waals surface area contributed by atoms with Crippen LogP contribution in [0.1, 0.15) is 11.1 Å². The molecule has 0 bridgehead atoms. The van der Waals surface area contributed by atoms with Crippen molar-refractivity contribution in [2.45, 2.75) is 6.61 Å². The summed E-state index contributed by atoms with van der Waals surface area (Å²) in [6, 6.07) is 15.0. The van der Waals surface area contributed by atoms with E-state index in [0.29, 0.717) is 42.3 Å². The number of ether oxygens (including phenoxy) is 2. The van der Waals surface area contributed by atoms with Gasteiger partial charge >= 0.3 is 0 Å². The summed E-state index contributed by atoms with van der Waals surface area (Å²) in [7, 11) is 1.49. The van der Waals surface area contributed by atoms with Crippen LogP contribution in [0.15, 0.2) is 58.6 Å². The molecule has 0 radical (unpaired) electrons. The predicted octanol–water partition coefficient (Wildman–Crippen LogP) is 8.20. The molecule has 5 nitrogen and oxygen atoms in total. The largest absolute Gasteiger partial charge is 0.493 e. The molecule has 0 saturated carbocycles. The normalized spacial score (nSPS) is 11.0. The van der Waals surface area contributed by atoms with E-state index in [2.05, 4.69) is 21.2 Å². The van der Waals surface area contributed by atoms with Crippen molar-refractivity contribution in [1.29, 1.82) is 5.26 Å². The summed E-state index contributed by atoms with van der Waals surface area (Å²) in [6.07, 6.45) is 1.43. The van der Waals surface area contributed by atoms with Crippen molar-refractivity contribution in [3.05, 3.63) is 89.8 Å². The fraction of sp³-hybridized carbons (Fsp3) is 0.0833. The molecule has 0 saturated heterocycles. The Morgan fingerprint density at radius 1 is 1.03 bits per heavy atom. The second-order valence-corrected chi connectivity index (χ2v) is 9.31. The molecule has 174 valence electrons. The van der Waals surface area contributed by atoms with Gasteiger partial charge in [0, 0.05) is 25.8 Å². The van der Waals surface area contributed by atoms with Gasteiger partial charge in [-0.25, -0.2) is 0 Å². The number of halogens is 5. The Morgan fingerprint density at radius 3 is 2.44 bits per heavy atom. The van der Waals surface area contributed by atoms with Crippen LogP contribution in [-0.4, -0.2) is 13.0 Å². The summed E-state index contributed by atoms with van der Waals surface area (Å²) in [4.78, 5) is 12.6. The maximum atomic E-state index is 12.6. The molecule has 1 amide bonds. The molecule has 0 heterocycles. The van der Waals surface area contributed by atoms with Crippen molar-refractivity contribution in [3.8, 4) is 17.6 Å². The summed E-state index contributed by atoms with van der Waals surface area (Å²) >= 11 is 27.5. The molecule has 34 heavy (non-hydrogen) atoms. The molecule has 0 fully saturated rings. The van der Waals surface area contributed by atoms with E-state index in [1.165, 1.54) is 19.3 Å². The summed E-state index contributed by atoms with van der Waals surface area (Å²) in [6.45, 7) is 0.184. The molecule has 0 aliphatic heterocycles. The highest BCUT2D eigenvalue weighted by Gasteiger charge is 2.15. The Morgan fingerprint density at radius 2 is 1.79 bits per heavy atom. The highest BCUT2D eigenvalue weighted by molar-refractivity contribution is 9.10. The van der Waals surface area contributed by atoms with Crippen LogP contribution in [0.4, 0.5) is 5.69 Å². The fourth-order valence-corrected chi connectivity index (χ4v) is 4.00. The second-order valence-electron chi connectivity index (χ2n) is 6.80. The van der Waals surface area contributed by atoms with Gasteiger partial charge < -0.3 is 14.8 Å². The number of hydrogen-bond donors (Lipinski definition) is 1. The zero-order valence-corrected chi connectivity index (χ0v) is 22.1. The van der Waals surface area contributed by atoms with Crippen molar-refractivity contribution < 1.29 is 14.3 Å². The van der Waals surface area contributed by atoms with Gasteiger partial charge in [-0.05, 0) is 54.1 Å². The van der Waals surface area contributed by atoms with Crippen LogP contribution in [0.25, 0.3) is 6.08 Å². The first-order chi connectivity index (χ1) is 16.2. The van der Waals surface area contributed by atoms with E-state index in [9.17, 15) is 10.1 Å². The van der Waals surface area contributed by atoms with Crippen molar-refractivity contribution >= 4 is 80.0 Å². The quantitative estimate of drug-likeness (QED) is 0.219. The molecule has 3 aromatic carbocycles. The smallest absolute Gasteiger partial charge is 0.266 e. The van der Waals surface area contributed by atoms with Crippen molar-refractivity contribution in [2.75, 3.05) is 12.4 Å². The van der Waals surface area contributed by atoms with Crippen LogP contribution in [0.3, 0.4) is 0 Å².